The predicted octanol–water partition coefficient (Wildman–Crippen LogP) is 5.18. The van der Waals surface area contributed by atoms with E-state index in [1.165, 1.54) is 4.90 Å². The maximum atomic E-state index is 10.2. The molecule has 0 fully saturated rings. The minimum absolute atomic E-state index is 0.406. The quantitative estimate of drug-likeness (QED) is 0.742. The van der Waals surface area contributed by atoms with Crippen LogP contribution in [0.2, 0.25) is 0 Å². The van der Waals surface area contributed by atoms with E-state index < -0.39 is 6.10 Å². The summed E-state index contributed by atoms with van der Waals surface area (Å²) in [4.78, 5) is 3.33. The normalized spacial score (nSPS) is 13.2. The highest BCUT2D eigenvalue weighted by Crippen LogP contribution is 2.33. The van der Waals surface area contributed by atoms with Gasteiger partial charge in [0, 0.05) is 14.7 Å². The number of rotatable bonds is 6. The number of aliphatic hydroxyl groups is 1. The largest absolute Gasteiger partial charge is 0.388 e. The van der Waals surface area contributed by atoms with Crippen molar-refractivity contribution in [3.8, 4) is 0 Å². The molecule has 0 bridgehead atoms. The molecule has 2 aromatic carbocycles. The fourth-order valence-electron chi connectivity index (χ4n) is 1.62. The van der Waals surface area contributed by atoms with E-state index in [0.717, 1.165) is 16.2 Å². The predicted molar refractivity (Wildman–Crippen MR) is 89.0 cm³/mol. The lowest BCUT2D eigenvalue weighted by Crippen LogP contribution is -2.05. The zero-order valence-corrected chi connectivity index (χ0v) is 13.0. The number of hydrogen-bond donors (Lipinski definition) is 1. The zero-order chi connectivity index (χ0) is 14.2. The fourth-order valence-corrected chi connectivity index (χ4v) is 3.55. The SMILES string of the molecule is CCC(O)/C(=C/Sc1ccccc1)Sc1ccccc1. The monoisotopic (exact) mass is 302 g/mol. The Morgan fingerprint density at radius 3 is 2.10 bits per heavy atom. The van der Waals surface area contributed by atoms with Crippen LogP contribution in [0.15, 0.2) is 80.8 Å². The third-order valence-electron chi connectivity index (χ3n) is 2.75. The van der Waals surface area contributed by atoms with E-state index in [1.54, 1.807) is 23.5 Å². The van der Waals surface area contributed by atoms with Gasteiger partial charge in [-0.2, -0.15) is 0 Å². The van der Waals surface area contributed by atoms with Crippen molar-refractivity contribution in [2.45, 2.75) is 29.2 Å². The standard InChI is InChI=1S/C17H18OS2/c1-2-16(18)17(20-15-11-7-4-8-12-15)13-19-14-9-5-3-6-10-14/h3-13,16,18H,2H2,1H3/b17-13-. The first-order valence-corrected chi connectivity index (χ1v) is 8.32. The molecule has 0 aliphatic heterocycles. The van der Waals surface area contributed by atoms with Crippen molar-refractivity contribution in [1.29, 1.82) is 0 Å². The van der Waals surface area contributed by atoms with Crippen LogP contribution in [-0.4, -0.2) is 11.2 Å². The second-order valence-corrected chi connectivity index (χ2v) is 6.38. The lowest BCUT2D eigenvalue weighted by Gasteiger charge is -2.12. The fraction of sp³-hybridized carbons (Fsp3) is 0.176. The molecule has 0 aliphatic carbocycles. The second kappa shape index (κ2) is 8.20. The van der Waals surface area contributed by atoms with E-state index in [1.807, 2.05) is 43.3 Å². The summed E-state index contributed by atoms with van der Waals surface area (Å²) in [5.74, 6) is 0. The minimum atomic E-state index is -0.406. The molecule has 0 heterocycles. The summed E-state index contributed by atoms with van der Waals surface area (Å²) >= 11 is 3.28. The van der Waals surface area contributed by atoms with Gasteiger partial charge in [0.25, 0.3) is 0 Å². The minimum Gasteiger partial charge on any atom is -0.388 e. The van der Waals surface area contributed by atoms with Crippen LogP contribution in [0.1, 0.15) is 13.3 Å². The van der Waals surface area contributed by atoms with Crippen LogP contribution in [0.4, 0.5) is 0 Å². The highest BCUT2D eigenvalue weighted by atomic mass is 32.2. The Morgan fingerprint density at radius 1 is 1.00 bits per heavy atom. The van der Waals surface area contributed by atoms with Crippen molar-refractivity contribution >= 4 is 23.5 Å². The molecule has 0 saturated carbocycles. The Balaban J connectivity index is 2.11. The van der Waals surface area contributed by atoms with Gasteiger partial charge >= 0.3 is 0 Å². The molecule has 0 aliphatic rings. The van der Waals surface area contributed by atoms with Gasteiger partial charge in [-0.05, 0) is 36.1 Å². The maximum Gasteiger partial charge on any atom is 0.0854 e. The lowest BCUT2D eigenvalue weighted by molar-refractivity contribution is 0.215. The summed E-state index contributed by atoms with van der Waals surface area (Å²) in [6.45, 7) is 2.00. The molecule has 0 aromatic heterocycles. The molecule has 1 unspecified atom stereocenters. The van der Waals surface area contributed by atoms with Crippen LogP contribution in [0.5, 0.6) is 0 Å². The van der Waals surface area contributed by atoms with Crippen LogP contribution in [0.3, 0.4) is 0 Å². The first-order chi connectivity index (χ1) is 9.79. The zero-order valence-electron chi connectivity index (χ0n) is 11.4. The van der Waals surface area contributed by atoms with Crippen LogP contribution >= 0.6 is 23.5 Å². The summed E-state index contributed by atoms with van der Waals surface area (Å²) in [6, 6.07) is 20.4. The van der Waals surface area contributed by atoms with E-state index in [0.29, 0.717) is 0 Å². The lowest BCUT2D eigenvalue weighted by atomic mass is 10.3. The number of thioether (sulfide) groups is 2. The van der Waals surface area contributed by atoms with E-state index in [4.69, 9.17) is 0 Å². The van der Waals surface area contributed by atoms with Crippen molar-refractivity contribution < 1.29 is 5.11 Å². The van der Waals surface area contributed by atoms with E-state index >= 15 is 0 Å². The van der Waals surface area contributed by atoms with Crippen LogP contribution in [0, 0.1) is 0 Å². The van der Waals surface area contributed by atoms with Crippen molar-refractivity contribution in [3.05, 3.63) is 71.0 Å². The van der Waals surface area contributed by atoms with Gasteiger partial charge in [-0.3, -0.25) is 0 Å². The van der Waals surface area contributed by atoms with Gasteiger partial charge in [0.1, 0.15) is 0 Å². The average Bonchev–Trinajstić information content (AvgIpc) is 2.52. The van der Waals surface area contributed by atoms with Gasteiger partial charge < -0.3 is 5.11 Å². The first-order valence-electron chi connectivity index (χ1n) is 6.62. The van der Waals surface area contributed by atoms with Crippen LogP contribution in [0.25, 0.3) is 0 Å². The Hall–Kier alpha value is -1.16. The van der Waals surface area contributed by atoms with Crippen LogP contribution < -0.4 is 0 Å². The second-order valence-electron chi connectivity index (χ2n) is 4.29. The molecule has 0 amide bonds. The Bertz CT molecular complexity index is 537. The molecule has 20 heavy (non-hydrogen) atoms. The molecule has 0 radical (unpaired) electrons. The topological polar surface area (TPSA) is 20.2 Å². The van der Waals surface area contributed by atoms with Gasteiger partial charge in [0.05, 0.1) is 6.10 Å². The van der Waals surface area contributed by atoms with Crippen molar-refractivity contribution in [1.82, 2.24) is 0 Å². The molecule has 1 N–H and O–H groups in total. The summed E-state index contributed by atoms with van der Waals surface area (Å²) in [6.07, 6.45) is 0.317. The highest BCUT2D eigenvalue weighted by molar-refractivity contribution is 8.06. The molecule has 3 heteroatoms. The van der Waals surface area contributed by atoms with Gasteiger partial charge in [0.2, 0.25) is 0 Å². The molecule has 1 atom stereocenters. The van der Waals surface area contributed by atoms with E-state index in [-0.39, 0.29) is 0 Å². The molecule has 2 aromatic rings. The highest BCUT2D eigenvalue weighted by Gasteiger charge is 2.10. The Labute approximate surface area is 129 Å². The first kappa shape index (κ1) is 15.2. The molecular weight excluding hydrogens is 284 g/mol. The summed E-state index contributed by atoms with van der Waals surface area (Å²) < 4.78 is 0. The van der Waals surface area contributed by atoms with Gasteiger partial charge in [-0.1, -0.05) is 66.8 Å². The average molecular weight is 302 g/mol. The van der Waals surface area contributed by atoms with E-state index in [9.17, 15) is 5.11 Å². The summed E-state index contributed by atoms with van der Waals surface area (Å²) in [7, 11) is 0. The number of benzene rings is 2. The Kier molecular flexibility index (Phi) is 6.25. The molecular formula is C17H18OS2. The number of hydrogen-bond acceptors (Lipinski definition) is 3. The van der Waals surface area contributed by atoms with E-state index in [2.05, 4.69) is 29.7 Å². The third kappa shape index (κ3) is 4.75. The van der Waals surface area contributed by atoms with Crippen molar-refractivity contribution in [2.75, 3.05) is 0 Å². The van der Waals surface area contributed by atoms with Crippen molar-refractivity contribution in [3.63, 3.8) is 0 Å². The molecule has 104 valence electrons. The Morgan fingerprint density at radius 2 is 1.55 bits per heavy atom. The summed E-state index contributed by atoms with van der Waals surface area (Å²) in [5, 5.41) is 12.2. The molecule has 2 rings (SSSR count). The third-order valence-corrected chi connectivity index (χ3v) is 4.95. The van der Waals surface area contributed by atoms with Crippen LogP contribution in [-0.2, 0) is 0 Å². The molecule has 0 spiro atoms. The maximum absolute atomic E-state index is 10.2. The smallest absolute Gasteiger partial charge is 0.0854 e. The molecule has 1 nitrogen and oxygen atoms in total. The molecule has 0 saturated heterocycles. The van der Waals surface area contributed by atoms with Crippen molar-refractivity contribution in [2.24, 2.45) is 0 Å². The van der Waals surface area contributed by atoms with Gasteiger partial charge in [-0.15, -0.1) is 0 Å². The number of aliphatic hydroxyl groups excluding tert-OH is 1. The summed E-state index contributed by atoms with van der Waals surface area (Å²) in [5.41, 5.74) is 0. The van der Waals surface area contributed by atoms with Gasteiger partial charge in [-0.25, -0.2) is 0 Å². The van der Waals surface area contributed by atoms with Gasteiger partial charge in [0.15, 0.2) is 0 Å².